The second-order valence-electron chi connectivity index (χ2n) is 6.66. The highest BCUT2D eigenvalue weighted by Gasteiger charge is 2.41. The highest BCUT2D eigenvalue weighted by molar-refractivity contribution is 5.89. The number of rotatable bonds is 9. The quantitative estimate of drug-likeness (QED) is 0.508. The van der Waals surface area contributed by atoms with E-state index in [0.29, 0.717) is 12.8 Å². The minimum Gasteiger partial charge on any atom is -0.480 e. The second kappa shape index (κ2) is 7.09. The average molecular weight is 316 g/mol. The van der Waals surface area contributed by atoms with Gasteiger partial charge in [0.1, 0.15) is 11.1 Å². The lowest BCUT2D eigenvalue weighted by Crippen LogP contribution is -2.59. The summed E-state index contributed by atoms with van der Waals surface area (Å²) in [6.07, 6.45) is 0.932. The number of hydrogen-bond acceptors (Lipinski definition) is 4. The molecule has 0 saturated carbocycles. The van der Waals surface area contributed by atoms with E-state index in [0.717, 1.165) is 0 Å². The molecule has 0 atom stereocenters. The Labute approximate surface area is 131 Å². The normalized spacial score (nSPS) is 12.8. The SMILES string of the molecule is CCC(CC)(CNC(C)(C)C(=O)O)C(=O)NC(C)(C)C(=O)O. The van der Waals surface area contributed by atoms with E-state index in [1.165, 1.54) is 27.7 Å². The summed E-state index contributed by atoms with van der Waals surface area (Å²) >= 11 is 0. The van der Waals surface area contributed by atoms with E-state index in [9.17, 15) is 14.4 Å². The maximum absolute atomic E-state index is 12.6. The van der Waals surface area contributed by atoms with Crippen LogP contribution in [0.15, 0.2) is 0 Å². The van der Waals surface area contributed by atoms with Crippen LogP contribution < -0.4 is 10.6 Å². The molecule has 0 aliphatic heterocycles. The molecular formula is C15H28N2O5. The molecule has 128 valence electrons. The predicted octanol–water partition coefficient (Wildman–Crippen LogP) is 1.23. The molecule has 0 unspecified atom stereocenters. The van der Waals surface area contributed by atoms with Gasteiger partial charge in [-0.15, -0.1) is 0 Å². The Hall–Kier alpha value is -1.63. The molecule has 0 radical (unpaired) electrons. The molecule has 0 bridgehead atoms. The minimum absolute atomic E-state index is 0.154. The summed E-state index contributed by atoms with van der Waals surface area (Å²) in [6.45, 7) is 9.67. The van der Waals surface area contributed by atoms with Crippen LogP contribution in [0.4, 0.5) is 0 Å². The van der Waals surface area contributed by atoms with Crippen LogP contribution in [0.5, 0.6) is 0 Å². The number of amides is 1. The van der Waals surface area contributed by atoms with Gasteiger partial charge in [0.15, 0.2) is 0 Å². The van der Waals surface area contributed by atoms with Crippen molar-refractivity contribution in [3.63, 3.8) is 0 Å². The molecule has 0 spiro atoms. The van der Waals surface area contributed by atoms with Crippen LogP contribution in [-0.4, -0.2) is 45.7 Å². The van der Waals surface area contributed by atoms with E-state index in [1.54, 1.807) is 0 Å². The fourth-order valence-electron chi connectivity index (χ4n) is 1.84. The smallest absolute Gasteiger partial charge is 0.328 e. The van der Waals surface area contributed by atoms with Crippen molar-refractivity contribution in [1.82, 2.24) is 10.6 Å². The Morgan fingerprint density at radius 1 is 0.864 bits per heavy atom. The van der Waals surface area contributed by atoms with Gasteiger partial charge in [0, 0.05) is 6.54 Å². The zero-order valence-electron chi connectivity index (χ0n) is 14.2. The van der Waals surface area contributed by atoms with Gasteiger partial charge in [-0.2, -0.15) is 0 Å². The van der Waals surface area contributed by atoms with Crippen molar-refractivity contribution >= 4 is 17.8 Å². The lowest BCUT2D eigenvalue weighted by Gasteiger charge is -2.36. The fourth-order valence-corrected chi connectivity index (χ4v) is 1.84. The molecular weight excluding hydrogens is 288 g/mol. The van der Waals surface area contributed by atoms with Crippen molar-refractivity contribution in [2.75, 3.05) is 6.54 Å². The van der Waals surface area contributed by atoms with Crippen LogP contribution in [0.3, 0.4) is 0 Å². The average Bonchev–Trinajstić information content (AvgIpc) is 2.39. The van der Waals surface area contributed by atoms with Crippen molar-refractivity contribution in [3.8, 4) is 0 Å². The maximum atomic E-state index is 12.6. The first kappa shape index (κ1) is 20.4. The molecule has 0 rings (SSSR count). The molecule has 0 saturated heterocycles. The Kier molecular flexibility index (Phi) is 6.56. The van der Waals surface area contributed by atoms with Gasteiger partial charge >= 0.3 is 11.9 Å². The van der Waals surface area contributed by atoms with Gasteiger partial charge in [-0.05, 0) is 40.5 Å². The Balaban J connectivity index is 5.22. The highest BCUT2D eigenvalue weighted by atomic mass is 16.4. The monoisotopic (exact) mass is 316 g/mol. The second-order valence-corrected chi connectivity index (χ2v) is 6.66. The third-order valence-corrected chi connectivity index (χ3v) is 4.20. The van der Waals surface area contributed by atoms with Gasteiger partial charge in [-0.3, -0.25) is 9.59 Å². The molecule has 1 amide bonds. The molecule has 0 heterocycles. The van der Waals surface area contributed by atoms with Crippen molar-refractivity contribution < 1.29 is 24.6 Å². The standard InChI is InChI=1S/C15H28N2O5/c1-7-15(8-2,9-16-13(3,4)11(19)20)10(18)17-14(5,6)12(21)22/h16H,7-9H2,1-6H3,(H,17,18)(H,19,20)(H,21,22). The number of carboxylic acids is 2. The molecule has 0 aromatic carbocycles. The summed E-state index contributed by atoms with van der Waals surface area (Å²) in [4.78, 5) is 34.9. The molecule has 7 heteroatoms. The van der Waals surface area contributed by atoms with Crippen LogP contribution in [-0.2, 0) is 14.4 Å². The van der Waals surface area contributed by atoms with Crippen LogP contribution in [0, 0.1) is 5.41 Å². The van der Waals surface area contributed by atoms with Crippen molar-refractivity contribution in [2.24, 2.45) is 5.41 Å². The van der Waals surface area contributed by atoms with Gasteiger partial charge in [-0.25, -0.2) is 4.79 Å². The van der Waals surface area contributed by atoms with Gasteiger partial charge in [-0.1, -0.05) is 13.8 Å². The van der Waals surface area contributed by atoms with Crippen LogP contribution in [0.2, 0.25) is 0 Å². The Bertz CT molecular complexity index is 439. The van der Waals surface area contributed by atoms with Gasteiger partial charge < -0.3 is 20.8 Å². The molecule has 7 nitrogen and oxygen atoms in total. The van der Waals surface area contributed by atoms with Crippen molar-refractivity contribution in [1.29, 1.82) is 0 Å². The molecule has 0 fully saturated rings. The zero-order chi connectivity index (χ0) is 17.8. The number of carbonyl (C=O) groups is 3. The van der Waals surface area contributed by atoms with Gasteiger partial charge in [0.2, 0.25) is 5.91 Å². The van der Waals surface area contributed by atoms with E-state index >= 15 is 0 Å². The van der Waals surface area contributed by atoms with E-state index in [-0.39, 0.29) is 6.54 Å². The van der Waals surface area contributed by atoms with E-state index in [4.69, 9.17) is 10.2 Å². The number of carboxylic acid groups (broad SMARTS) is 2. The third-order valence-electron chi connectivity index (χ3n) is 4.20. The van der Waals surface area contributed by atoms with Gasteiger partial charge in [0.05, 0.1) is 5.41 Å². The molecule has 22 heavy (non-hydrogen) atoms. The topological polar surface area (TPSA) is 116 Å². The molecule has 0 aliphatic rings. The van der Waals surface area contributed by atoms with E-state index in [2.05, 4.69) is 10.6 Å². The number of hydrogen-bond donors (Lipinski definition) is 4. The zero-order valence-corrected chi connectivity index (χ0v) is 14.2. The van der Waals surface area contributed by atoms with Crippen LogP contribution >= 0.6 is 0 Å². The molecule has 0 aliphatic carbocycles. The number of carbonyl (C=O) groups excluding carboxylic acids is 1. The number of nitrogens with one attached hydrogen (secondary N) is 2. The van der Waals surface area contributed by atoms with Gasteiger partial charge in [0.25, 0.3) is 0 Å². The maximum Gasteiger partial charge on any atom is 0.328 e. The first-order chi connectivity index (χ1) is 9.84. The lowest BCUT2D eigenvalue weighted by atomic mass is 9.79. The van der Waals surface area contributed by atoms with Crippen molar-refractivity contribution in [3.05, 3.63) is 0 Å². The predicted molar refractivity (Wildman–Crippen MR) is 82.6 cm³/mol. The largest absolute Gasteiger partial charge is 0.480 e. The summed E-state index contributed by atoms with van der Waals surface area (Å²) < 4.78 is 0. The van der Waals surface area contributed by atoms with Crippen molar-refractivity contribution in [2.45, 2.75) is 65.5 Å². The molecule has 0 aromatic rings. The summed E-state index contributed by atoms with van der Waals surface area (Å²) in [7, 11) is 0. The van der Waals surface area contributed by atoms with E-state index in [1.807, 2.05) is 13.8 Å². The Morgan fingerprint density at radius 3 is 1.59 bits per heavy atom. The first-order valence-electron chi connectivity index (χ1n) is 7.39. The molecule has 4 N–H and O–H groups in total. The summed E-state index contributed by atoms with van der Waals surface area (Å²) in [5, 5.41) is 23.7. The fraction of sp³-hybridized carbons (Fsp3) is 0.800. The van der Waals surface area contributed by atoms with E-state index < -0.39 is 34.3 Å². The first-order valence-corrected chi connectivity index (χ1v) is 7.39. The van der Waals surface area contributed by atoms with Crippen LogP contribution in [0.1, 0.15) is 54.4 Å². The number of aliphatic carboxylic acids is 2. The third kappa shape index (κ3) is 4.69. The van der Waals surface area contributed by atoms with Crippen LogP contribution in [0.25, 0.3) is 0 Å². The summed E-state index contributed by atoms with van der Waals surface area (Å²) in [5.74, 6) is -2.53. The minimum atomic E-state index is -1.38. The Morgan fingerprint density at radius 2 is 1.27 bits per heavy atom. The lowest BCUT2D eigenvalue weighted by molar-refractivity contribution is -0.148. The molecule has 0 aromatic heterocycles. The highest BCUT2D eigenvalue weighted by Crippen LogP contribution is 2.28. The summed E-state index contributed by atoms with van der Waals surface area (Å²) in [5.41, 5.74) is -3.41. The summed E-state index contributed by atoms with van der Waals surface area (Å²) in [6, 6.07) is 0.